The van der Waals surface area contributed by atoms with E-state index in [1.54, 1.807) is 11.8 Å². The fraction of sp³-hybridized carbons (Fsp3) is 0.259. The predicted octanol–water partition coefficient (Wildman–Crippen LogP) is 8.32. The second-order valence-electron chi connectivity index (χ2n) is 8.89. The number of nitrogens with zero attached hydrogens (tertiary/aromatic N) is 2. The van der Waals surface area contributed by atoms with Gasteiger partial charge in [-0.2, -0.15) is 43.2 Å². The third kappa shape index (κ3) is 6.19. The number of urea groups is 1. The van der Waals surface area contributed by atoms with E-state index < -0.39 is 39.9 Å². The van der Waals surface area contributed by atoms with Crippen LogP contribution in [0.4, 0.5) is 36.8 Å². The zero-order chi connectivity index (χ0) is 28.4. The van der Waals surface area contributed by atoms with E-state index in [-0.39, 0.29) is 12.2 Å². The van der Waals surface area contributed by atoms with Gasteiger partial charge in [0, 0.05) is 11.3 Å². The van der Waals surface area contributed by atoms with Gasteiger partial charge < -0.3 is 5.32 Å². The van der Waals surface area contributed by atoms with E-state index in [9.17, 15) is 31.1 Å². The number of rotatable bonds is 6. The van der Waals surface area contributed by atoms with E-state index >= 15 is 0 Å². The van der Waals surface area contributed by atoms with Gasteiger partial charge >= 0.3 is 18.4 Å². The van der Waals surface area contributed by atoms with E-state index in [2.05, 4.69) is 10.4 Å². The van der Waals surface area contributed by atoms with Crippen LogP contribution in [0.3, 0.4) is 0 Å². The zero-order valence-corrected chi connectivity index (χ0v) is 22.0. The van der Waals surface area contributed by atoms with Gasteiger partial charge in [-0.3, -0.25) is 0 Å². The number of hydrogen-bond acceptors (Lipinski definition) is 3. The van der Waals surface area contributed by atoms with Crippen LogP contribution >= 0.6 is 23.4 Å². The lowest BCUT2D eigenvalue weighted by Gasteiger charge is -2.31. The van der Waals surface area contributed by atoms with Crippen molar-refractivity contribution in [3.05, 3.63) is 100 Å². The summed E-state index contributed by atoms with van der Waals surface area (Å²) in [6, 6.07) is 15.8. The topological polar surface area (TPSA) is 44.7 Å². The third-order valence-corrected chi connectivity index (χ3v) is 7.32. The number of hydrazone groups is 1. The van der Waals surface area contributed by atoms with Gasteiger partial charge in [0.15, 0.2) is 0 Å². The Kier molecular flexibility index (Phi) is 8.22. The van der Waals surface area contributed by atoms with Gasteiger partial charge in [0.25, 0.3) is 0 Å². The fourth-order valence-corrected chi connectivity index (χ4v) is 5.30. The maximum Gasteiger partial charge on any atom is 0.417 e. The number of anilines is 1. The summed E-state index contributed by atoms with van der Waals surface area (Å²) in [6.07, 6.45) is -6.75. The zero-order valence-electron chi connectivity index (χ0n) is 20.4. The molecule has 3 aromatic carbocycles. The van der Waals surface area contributed by atoms with Crippen LogP contribution in [-0.2, 0) is 17.8 Å². The molecule has 1 heterocycles. The molecule has 206 valence electrons. The van der Waals surface area contributed by atoms with E-state index in [1.807, 2.05) is 36.6 Å². The summed E-state index contributed by atoms with van der Waals surface area (Å²) in [7, 11) is 0. The Balaban J connectivity index is 1.75. The number of benzene rings is 3. The summed E-state index contributed by atoms with van der Waals surface area (Å²) < 4.78 is 78.8. The summed E-state index contributed by atoms with van der Waals surface area (Å²) in [5.41, 5.74) is -1.12. The monoisotopic (exact) mass is 585 g/mol. The molecule has 39 heavy (non-hydrogen) atoms. The number of amides is 2. The molecule has 4 rings (SSSR count). The second-order valence-corrected chi connectivity index (χ2v) is 10.3. The molecule has 12 heteroatoms. The van der Waals surface area contributed by atoms with Crippen LogP contribution in [0.15, 0.2) is 77.9 Å². The molecule has 0 saturated carbocycles. The molecule has 2 amide bonds. The molecule has 1 aliphatic rings. The maximum absolute atomic E-state index is 13.4. The number of nitrogens with one attached hydrogen (secondary N) is 1. The normalized spacial score (nSPS) is 17.7. The Morgan fingerprint density at radius 1 is 1.00 bits per heavy atom. The van der Waals surface area contributed by atoms with E-state index in [0.29, 0.717) is 23.4 Å². The first kappa shape index (κ1) is 28.8. The Morgan fingerprint density at radius 3 is 2.23 bits per heavy atom. The molecule has 3 aromatic rings. The number of carbonyl (C=O) groups is 1. The van der Waals surface area contributed by atoms with Crippen molar-refractivity contribution in [3.63, 3.8) is 0 Å². The molecule has 0 bridgehead atoms. The largest absolute Gasteiger partial charge is 0.417 e. The van der Waals surface area contributed by atoms with Crippen LogP contribution < -0.4 is 5.32 Å². The van der Waals surface area contributed by atoms with Crippen molar-refractivity contribution in [1.29, 1.82) is 0 Å². The van der Waals surface area contributed by atoms with Crippen LogP contribution in [0.25, 0.3) is 0 Å². The van der Waals surface area contributed by atoms with Crippen LogP contribution in [0, 0.1) is 0 Å². The number of alkyl halides is 6. The SMILES string of the molecule is CSCCC1(c2ccccc2)CN(C(=O)Nc2ccc(C(F)(F)F)cc2)N=C1c1ccc(C(F)(F)F)c(Cl)c1. The van der Waals surface area contributed by atoms with E-state index in [4.69, 9.17) is 11.6 Å². The molecular formula is C27H22ClF6N3OS. The molecule has 0 fully saturated rings. The Labute approximate surface area is 230 Å². The molecule has 0 saturated heterocycles. The Bertz CT molecular complexity index is 1360. The molecule has 4 nitrogen and oxygen atoms in total. The first-order valence-electron chi connectivity index (χ1n) is 11.6. The van der Waals surface area contributed by atoms with Gasteiger partial charge in [-0.15, -0.1) is 0 Å². The van der Waals surface area contributed by atoms with Gasteiger partial charge in [0.2, 0.25) is 0 Å². The lowest BCUT2D eigenvalue weighted by atomic mass is 9.72. The molecule has 1 atom stereocenters. The summed E-state index contributed by atoms with van der Waals surface area (Å²) in [5.74, 6) is 0.649. The van der Waals surface area contributed by atoms with Crippen molar-refractivity contribution in [3.8, 4) is 0 Å². The van der Waals surface area contributed by atoms with Crippen LogP contribution in [0.5, 0.6) is 0 Å². The highest BCUT2D eigenvalue weighted by molar-refractivity contribution is 7.98. The molecular weight excluding hydrogens is 564 g/mol. The van der Waals surface area contributed by atoms with E-state index in [0.717, 1.165) is 40.9 Å². The Hall–Kier alpha value is -3.18. The number of halogens is 7. The van der Waals surface area contributed by atoms with Crippen molar-refractivity contribution in [1.82, 2.24) is 5.01 Å². The van der Waals surface area contributed by atoms with Crippen LogP contribution in [-0.4, -0.2) is 35.3 Å². The van der Waals surface area contributed by atoms with Gasteiger partial charge in [-0.25, -0.2) is 9.80 Å². The maximum atomic E-state index is 13.4. The second kappa shape index (κ2) is 11.1. The first-order chi connectivity index (χ1) is 18.3. The summed E-state index contributed by atoms with van der Waals surface area (Å²) in [6.45, 7) is 0.0536. The average molecular weight is 586 g/mol. The van der Waals surface area contributed by atoms with Crippen molar-refractivity contribution >= 4 is 40.8 Å². The molecule has 0 aromatic heterocycles. The standard InChI is InChI=1S/C27H22ClF6N3OS/c1-39-14-13-25(18-5-3-2-4-6-18)16-37(24(38)35-20-10-8-19(9-11-20)26(29,30)31)36-23(25)17-7-12-21(22(28)15-17)27(32,33)34/h2-12,15H,13-14,16H2,1H3,(H,35,38). The van der Waals surface area contributed by atoms with Crippen LogP contribution in [0.1, 0.15) is 28.7 Å². The van der Waals surface area contributed by atoms with Gasteiger partial charge in [-0.05, 0) is 60.4 Å². The summed E-state index contributed by atoms with van der Waals surface area (Å²) in [5, 5.41) is 7.74. The molecule has 0 aliphatic carbocycles. The number of thioether (sulfide) groups is 1. The van der Waals surface area contributed by atoms with Crippen molar-refractivity contribution in [2.24, 2.45) is 5.10 Å². The lowest BCUT2D eigenvalue weighted by Crippen LogP contribution is -2.41. The fourth-order valence-electron chi connectivity index (χ4n) is 4.46. The predicted molar refractivity (Wildman–Crippen MR) is 141 cm³/mol. The van der Waals surface area contributed by atoms with Crippen molar-refractivity contribution in [2.75, 3.05) is 23.9 Å². The quantitative estimate of drug-likeness (QED) is 0.296. The number of hydrogen-bond donors (Lipinski definition) is 1. The minimum absolute atomic E-state index is 0.0536. The van der Waals surface area contributed by atoms with Crippen LogP contribution in [0.2, 0.25) is 5.02 Å². The van der Waals surface area contributed by atoms with Gasteiger partial charge in [0.1, 0.15) is 0 Å². The highest BCUT2D eigenvalue weighted by Crippen LogP contribution is 2.41. The van der Waals surface area contributed by atoms with Crippen molar-refractivity contribution < 1.29 is 31.1 Å². The molecule has 0 radical (unpaired) electrons. The highest BCUT2D eigenvalue weighted by Gasteiger charge is 2.46. The molecule has 1 unspecified atom stereocenters. The smallest absolute Gasteiger partial charge is 0.306 e. The average Bonchev–Trinajstić information content (AvgIpc) is 3.28. The van der Waals surface area contributed by atoms with Crippen molar-refractivity contribution in [2.45, 2.75) is 24.2 Å². The molecule has 1 N–H and O–H groups in total. The summed E-state index contributed by atoms with van der Waals surface area (Å²) >= 11 is 7.60. The number of carbonyl (C=O) groups excluding carboxylic acids is 1. The Morgan fingerprint density at radius 2 is 1.67 bits per heavy atom. The third-order valence-electron chi connectivity index (χ3n) is 6.40. The van der Waals surface area contributed by atoms with Gasteiger partial charge in [0.05, 0.1) is 33.8 Å². The molecule has 0 spiro atoms. The van der Waals surface area contributed by atoms with Gasteiger partial charge in [-0.1, -0.05) is 48.0 Å². The summed E-state index contributed by atoms with van der Waals surface area (Å²) in [4.78, 5) is 13.2. The highest BCUT2D eigenvalue weighted by atomic mass is 35.5. The lowest BCUT2D eigenvalue weighted by molar-refractivity contribution is -0.138. The molecule has 1 aliphatic heterocycles. The first-order valence-corrected chi connectivity index (χ1v) is 13.4. The minimum atomic E-state index is -4.64. The van der Waals surface area contributed by atoms with E-state index in [1.165, 1.54) is 12.1 Å². The minimum Gasteiger partial charge on any atom is -0.306 e.